The molecule has 0 aliphatic heterocycles. The third-order valence-electron chi connectivity index (χ3n) is 11.1. The highest BCUT2D eigenvalue weighted by Crippen LogP contribution is 2.48. The van der Waals surface area contributed by atoms with E-state index in [0.717, 1.165) is 44.2 Å². The molecule has 1 heterocycles. The molecule has 0 amide bonds. The van der Waals surface area contributed by atoms with Crippen molar-refractivity contribution >= 4 is 54.3 Å². The molecule has 1 heteroatoms. The van der Waals surface area contributed by atoms with Crippen molar-refractivity contribution in [2.24, 2.45) is 0 Å². The van der Waals surface area contributed by atoms with Gasteiger partial charge in [-0.15, -0.1) is 0 Å². The molecule has 246 valence electrons. The predicted octanol–water partition coefficient (Wildman–Crippen LogP) is 14.8. The van der Waals surface area contributed by atoms with Gasteiger partial charge in [-0.25, -0.2) is 0 Å². The van der Waals surface area contributed by atoms with Gasteiger partial charge >= 0.3 is 0 Å². The number of hydrogen-bond donors (Lipinski definition) is 0. The third kappa shape index (κ3) is 4.64. The molecule has 11 aromatic rings. The van der Waals surface area contributed by atoms with Crippen molar-refractivity contribution in [1.29, 1.82) is 0 Å². The lowest BCUT2D eigenvalue weighted by Crippen LogP contribution is -1.90. The summed E-state index contributed by atoms with van der Waals surface area (Å²) >= 11 is 0. The molecule has 0 spiro atoms. The highest BCUT2D eigenvalue weighted by molar-refractivity contribution is 6.29. The Morgan fingerprint density at radius 3 is 1.34 bits per heavy atom. The van der Waals surface area contributed by atoms with E-state index in [1.54, 1.807) is 0 Å². The molecule has 11 rings (SSSR count). The van der Waals surface area contributed by atoms with Gasteiger partial charge in [0.2, 0.25) is 0 Å². The number of fused-ring (bicyclic) bond motifs is 3. The Kier molecular flexibility index (Phi) is 6.62. The quantitative estimate of drug-likeness (QED) is 0.166. The maximum Gasteiger partial charge on any atom is 0.143 e. The number of furan rings is 1. The molecular formula is C52H32O. The second-order valence-corrected chi connectivity index (χ2v) is 14.0. The molecule has 10 aromatic carbocycles. The fourth-order valence-electron chi connectivity index (χ4n) is 8.58. The smallest absolute Gasteiger partial charge is 0.143 e. The molecule has 0 saturated carbocycles. The van der Waals surface area contributed by atoms with Gasteiger partial charge in [0.1, 0.15) is 11.2 Å². The minimum atomic E-state index is 0.907. The van der Waals surface area contributed by atoms with Gasteiger partial charge in [0.15, 0.2) is 0 Å². The predicted molar refractivity (Wildman–Crippen MR) is 225 cm³/mol. The van der Waals surface area contributed by atoms with Crippen LogP contribution in [0.2, 0.25) is 0 Å². The summed E-state index contributed by atoms with van der Waals surface area (Å²) in [7, 11) is 0. The molecule has 0 unspecified atom stereocenters. The Labute approximate surface area is 307 Å². The molecule has 1 nitrogen and oxygen atoms in total. The summed E-state index contributed by atoms with van der Waals surface area (Å²) in [6, 6.07) is 70.2. The molecule has 0 radical (unpaired) electrons. The van der Waals surface area contributed by atoms with Crippen molar-refractivity contribution in [1.82, 2.24) is 0 Å². The Morgan fingerprint density at radius 1 is 0.226 bits per heavy atom. The molecule has 0 aliphatic carbocycles. The normalized spacial score (nSPS) is 11.8. The molecule has 0 saturated heterocycles. The van der Waals surface area contributed by atoms with Crippen LogP contribution in [0.4, 0.5) is 0 Å². The lowest BCUT2D eigenvalue weighted by atomic mass is 9.86. The zero-order valence-electron chi connectivity index (χ0n) is 28.9. The first-order valence-electron chi connectivity index (χ1n) is 18.3. The van der Waals surface area contributed by atoms with E-state index in [1.165, 1.54) is 65.7 Å². The fraction of sp³-hybridized carbons (Fsp3) is 0. The van der Waals surface area contributed by atoms with Crippen LogP contribution in [0.3, 0.4) is 0 Å². The van der Waals surface area contributed by atoms with E-state index in [0.29, 0.717) is 0 Å². The molecule has 0 aliphatic rings. The topological polar surface area (TPSA) is 13.1 Å². The van der Waals surface area contributed by atoms with Gasteiger partial charge < -0.3 is 4.42 Å². The monoisotopic (exact) mass is 672 g/mol. The van der Waals surface area contributed by atoms with Gasteiger partial charge in [-0.05, 0) is 82.9 Å². The summed E-state index contributed by atoms with van der Waals surface area (Å²) in [6.45, 7) is 0. The lowest BCUT2D eigenvalue weighted by molar-refractivity contribution is 0.671. The largest absolute Gasteiger partial charge is 0.455 e. The fourth-order valence-corrected chi connectivity index (χ4v) is 8.58. The Morgan fingerprint density at radius 2 is 0.679 bits per heavy atom. The molecule has 53 heavy (non-hydrogen) atoms. The summed E-state index contributed by atoms with van der Waals surface area (Å²) < 4.78 is 7.09. The van der Waals surface area contributed by atoms with E-state index in [1.807, 2.05) is 0 Å². The van der Waals surface area contributed by atoms with E-state index in [-0.39, 0.29) is 0 Å². The van der Waals surface area contributed by atoms with Crippen molar-refractivity contribution in [3.05, 3.63) is 194 Å². The molecule has 1 aromatic heterocycles. The average molecular weight is 673 g/mol. The zero-order chi connectivity index (χ0) is 34.9. The van der Waals surface area contributed by atoms with Crippen molar-refractivity contribution in [2.45, 2.75) is 0 Å². The van der Waals surface area contributed by atoms with Crippen LogP contribution in [0.1, 0.15) is 0 Å². The van der Waals surface area contributed by atoms with Crippen molar-refractivity contribution in [3.63, 3.8) is 0 Å². The van der Waals surface area contributed by atoms with Crippen LogP contribution in [0.5, 0.6) is 0 Å². The Bertz CT molecular complexity index is 3120. The average Bonchev–Trinajstić information content (AvgIpc) is 3.64. The first-order chi connectivity index (χ1) is 26.3. The number of para-hydroxylation sites is 1. The van der Waals surface area contributed by atoms with E-state index in [9.17, 15) is 0 Å². The van der Waals surface area contributed by atoms with Gasteiger partial charge in [-0.1, -0.05) is 188 Å². The lowest BCUT2D eigenvalue weighted by Gasteiger charge is -2.17. The van der Waals surface area contributed by atoms with Crippen LogP contribution < -0.4 is 0 Å². The Hall–Kier alpha value is -6.96. The maximum atomic E-state index is 7.09. The van der Waals surface area contributed by atoms with Crippen LogP contribution in [0.25, 0.3) is 110 Å². The molecular weight excluding hydrogens is 641 g/mol. The minimum Gasteiger partial charge on any atom is -0.455 e. The first kappa shape index (κ1) is 29.7. The molecule has 0 fully saturated rings. The minimum absolute atomic E-state index is 0.907. The van der Waals surface area contributed by atoms with Crippen LogP contribution in [0.15, 0.2) is 199 Å². The van der Waals surface area contributed by atoms with Gasteiger partial charge in [0.25, 0.3) is 0 Å². The van der Waals surface area contributed by atoms with E-state index >= 15 is 0 Å². The number of rotatable bonds is 5. The summed E-state index contributed by atoms with van der Waals surface area (Å²) in [6.07, 6.45) is 0. The Balaban J connectivity index is 1.17. The summed E-state index contributed by atoms with van der Waals surface area (Å²) in [4.78, 5) is 0. The first-order valence-corrected chi connectivity index (χ1v) is 18.3. The van der Waals surface area contributed by atoms with Crippen LogP contribution >= 0.6 is 0 Å². The molecule has 0 bridgehead atoms. The summed E-state index contributed by atoms with van der Waals surface area (Å²) in [5.41, 5.74) is 13.6. The summed E-state index contributed by atoms with van der Waals surface area (Å²) in [5, 5.41) is 9.94. The number of hydrogen-bond acceptors (Lipinski definition) is 1. The third-order valence-corrected chi connectivity index (χ3v) is 11.1. The second-order valence-electron chi connectivity index (χ2n) is 14.0. The zero-order valence-corrected chi connectivity index (χ0v) is 28.9. The molecule has 0 N–H and O–H groups in total. The van der Waals surface area contributed by atoms with Crippen LogP contribution in [0, 0.1) is 0 Å². The SMILES string of the molecule is c1ccc(-c2ccc(-c3cccc4c3oc3c(-c5ccccc5)ccc(-c5ccc6ccc7c(-c8ccccc8)ccc8ccc5c6c87)c34)cc2)cc1. The van der Waals surface area contributed by atoms with Gasteiger partial charge in [0.05, 0.1) is 0 Å². The highest BCUT2D eigenvalue weighted by Gasteiger charge is 2.22. The summed E-state index contributed by atoms with van der Waals surface area (Å²) in [5.74, 6) is 0. The van der Waals surface area contributed by atoms with Gasteiger partial charge in [-0.3, -0.25) is 0 Å². The van der Waals surface area contributed by atoms with Crippen molar-refractivity contribution < 1.29 is 4.42 Å². The second kappa shape index (κ2) is 11.8. The van der Waals surface area contributed by atoms with Crippen LogP contribution in [-0.4, -0.2) is 0 Å². The van der Waals surface area contributed by atoms with Crippen LogP contribution in [-0.2, 0) is 0 Å². The standard InChI is InChI=1S/C52H32O/c1-4-11-33(12-5-1)34-19-21-37(22-20-34)41-17-10-18-47-50-46(32-31-42(52(50)53-51(41)47)36-15-8-3-9-16-36)43-28-24-39-25-29-44-40(35-13-6-2-7-14-35)27-23-38-26-30-45(43)49(39)48(38)44/h1-32H. The van der Waals surface area contributed by atoms with E-state index in [4.69, 9.17) is 4.42 Å². The van der Waals surface area contributed by atoms with Gasteiger partial charge in [-0.2, -0.15) is 0 Å². The van der Waals surface area contributed by atoms with Gasteiger partial charge in [0, 0.05) is 21.9 Å². The molecule has 0 atom stereocenters. The van der Waals surface area contributed by atoms with E-state index in [2.05, 4.69) is 194 Å². The maximum absolute atomic E-state index is 7.09. The van der Waals surface area contributed by atoms with E-state index < -0.39 is 0 Å². The number of benzene rings is 10. The van der Waals surface area contributed by atoms with Crippen molar-refractivity contribution in [2.75, 3.05) is 0 Å². The van der Waals surface area contributed by atoms with Crippen molar-refractivity contribution in [3.8, 4) is 55.6 Å². The highest BCUT2D eigenvalue weighted by atomic mass is 16.3.